The van der Waals surface area contributed by atoms with E-state index in [0.29, 0.717) is 5.92 Å². The normalized spacial score (nSPS) is 15.7. The molecule has 21 heavy (non-hydrogen) atoms. The Kier molecular flexibility index (Phi) is 5.34. The van der Waals surface area contributed by atoms with Crippen LogP contribution in [0.2, 0.25) is 0 Å². The molecular weight excluding hydrogens is 266 g/mol. The van der Waals surface area contributed by atoms with Gasteiger partial charge in [0.15, 0.2) is 11.5 Å². The smallest absolute Gasteiger partial charge is 0.203 e. The molecule has 1 aromatic rings. The molecule has 0 heterocycles. The van der Waals surface area contributed by atoms with Crippen molar-refractivity contribution in [1.29, 1.82) is 0 Å². The lowest BCUT2D eigenvalue weighted by Crippen LogP contribution is -2.22. The van der Waals surface area contributed by atoms with Crippen LogP contribution in [0, 0.1) is 12.8 Å². The summed E-state index contributed by atoms with van der Waals surface area (Å²) in [6.07, 6.45) is 4.23. The molecule has 1 unspecified atom stereocenters. The first kappa shape index (κ1) is 16.0. The maximum absolute atomic E-state index is 6.12. The van der Waals surface area contributed by atoms with Gasteiger partial charge in [-0.3, -0.25) is 0 Å². The van der Waals surface area contributed by atoms with Gasteiger partial charge in [0.1, 0.15) is 0 Å². The van der Waals surface area contributed by atoms with E-state index in [1.807, 2.05) is 6.07 Å². The third-order valence-corrected chi connectivity index (χ3v) is 4.10. The van der Waals surface area contributed by atoms with E-state index in [4.69, 9.17) is 19.9 Å². The first-order valence-corrected chi connectivity index (χ1v) is 7.73. The molecule has 4 heteroatoms. The molecule has 0 saturated heterocycles. The van der Waals surface area contributed by atoms with Crippen molar-refractivity contribution in [1.82, 2.24) is 0 Å². The standard InChI is InChI=1S/C17H27NO3/c1-5-13(18)9-14-11(2)8-15(19-3)17(16(14)20-4)21-10-12-6-7-12/h8,12-13H,5-7,9-10,18H2,1-4H3. The van der Waals surface area contributed by atoms with Crippen LogP contribution in [0.1, 0.15) is 37.3 Å². The molecule has 2 N–H and O–H groups in total. The summed E-state index contributed by atoms with van der Waals surface area (Å²) < 4.78 is 17.1. The van der Waals surface area contributed by atoms with Crippen LogP contribution in [0.15, 0.2) is 6.07 Å². The summed E-state index contributed by atoms with van der Waals surface area (Å²) in [5, 5.41) is 0. The van der Waals surface area contributed by atoms with Crippen LogP contribution in [0.5, 0.6) is 17.2 Å². The number of hydrogen-bond donors (Lipinski definition) is 1. The number of methoxy groups -OCH3 is 2. The maximum atomic E-state index is 6.12. The summed E-state index contributed by atoms with van der Waals surface area (Å²) in [6.45, 7) is 4.89. The SMILES string of the molecule is CCC(N)Cc1c(C)cc(OC)c(OCC2CC2)c1OC. The first-order chi connectivity index (χ1) is 10.1. The third kappa shape index (κ3) is 3.82. The Morgan fingerprint density at radius 2 is 1.95 bits per heavy atom. The zero-order valence-electron chi connectivity index (χ0n) is 13.6. The van der Waals surface area contributed by atoms with Crippen LogP contribution in [0.3, 0.4) is 0 Å². The second-order valence-electron chi connectivity index (χ2n) is 5.86. The van der Waals surface area contributed by atoms with Crippen LogP contribution in [-0.2, 0) is 6.42 Å². The average molecular weight is 293 g/mol. The van der Waals surface area contributed by atoms with E-state index in [2.05, 4.69) is 13.8 Å². The van der Waals surface area contributed by atoms with Crippen molar-refractivity contribution in [3.63, 3.8) is 0 Å². The highest BCUT2D eigenvalue weighted by molar-refractivity contribution is 5.59. The van der Waals surface area contributed by atoms with Crippen LogP contribution < -0.4 is 19.9 Å². The summed E-state index contributed by atoms with van der Waals surface area (Å²) in [5.74, 6) is 2.91. The van der Waals surface area contributed by atoms with Gasteiger partial charge in [0.2, 0.25) is 5.75 Å². The Bertz CT molecular complexity index is 483. The zero-order chi connectivity index (χ0) is 15.4. The van der Waals surface area contributed by atoms with Crippen molar-refractivity contribution >= 4 is 0 Å². The Hall–Kier alpha value is -1.42. The van der Waals surface area contributed by atoms with Gasteiger partial charge in [-0.2, -0.15) is 0 Å². The van der Waals surface area contributed by atoms with E-state index in [1.54, 1.807) is 14.2 Å². The van der Waals surface area contributed by atoms with Gasteiger partial charge in [-0.05, 0) is 50.2 Å². The fourth-order valence-electron chi connectivity index (χ4n) is 2.43. The predicted octanol–water partition coefficient (Wildman–Crippen LogP) is 3.08. The quantitative estimate of drug-likeness (QED) is 0.800. The summed E-state index contributed by atoms with van der Waals surface area (Å²) in [5.41, 5.74) is 8.38. The molecule has 0 aliphatic heterocycles. The molecule has 1 fully saturated rings. The number of aryl methyl sites for hydroxylation is 1. The number of hydrogen-bond acceptors (Lipinski definition) is 4. The van der Waals surface area contributed by atoms with Gasteiger partial charge in [0.05, 0.1) is 20.8 Å². The Morgan fingerprint density at radius 1 is 1.24 bits per heavy atom. The molecule has 4 nitrogen and oxygen atoms in total. The van der Waals surface area contributed by atoms with E-state index in [9.17, 15) is 0 Å². The molecule has 0 aromatic heterocycles. The minimum Gasteiger partial charge on any atom is -0.493 e. The second kappa shape index (κ2) is 7.03. The molecule has 2 rings (SSSR count). The van der Waals surface area contributed by atoms with Crippen LogP contribution in [0.25, 0.3) is 0 Å². The minimum atomic E-state index is 0.127. The lowest BCUT2D eigenvalue weighted by molar-refractivity contribution is 0.261. The van der Waals surface area contributed by atoms with Crippen LogP contribution >= 0.6 is 0 Å². The van der Waals surface area contributed by atoms with Crippen molar-refractivity contribution < 1.29 is 14.2 Å². The van der Waals surface area contributed by atoms with Crippen molar-refractivity contribution in [2.24, 2.45) is 11.7 Å². The molecule has 0 bridgehead atoms. The van der Waals surface area contributed by atoms with E-state index in [0.717, 1.165) is 47.8 Å². The molecule has 118 valence electrons. The van der Waals surface area contributed by atoms with Gasteiger partial charge in [-0.1, -0.05) is 6.92 Å². The fourth-order valence-corrected chi connectivity index (χ4v) is 2.43. The lowest BCUT2D eigenvalue weighted by Gasteiger charge is -2.21. The lowest BCUT2D eigenvalue weighted by atomic mass is 9.98. The Morgan fingerprint density at radius 3 is 2.48 bits per heavy atom. The second-order valence-corrected chi connectivity index (χ2v) is 5.86. The molecule has 0 amide bonds. The number of ether oxygens (including phenoxy) is 3. The highest BCUT2D eigenvalue weighted by Gasteiger charge is 2.25. The molecular formula is C17H27NO3. The number of rotatable bonds is 8. The molecule has 1 atom stereocenters. The fraction of sp³-hybridized carbons (Fsp3) is 0.647. The minimum absolute atomic E-state index is 0.127. The van der Waals surface area contributed by atoms with Crippen molar-refractivity contribution in [2.45, 2.75) is 45.6 Å². The highest BCUT2D eigenvalue weighted by Crippen LogP contribution is 2.43. The van der Waals surface area contributed by atoms with Gasteiger partial charge in [0, 0.05) is 11.6 Å². The largest absolute Gasteiger partial charge is 0.493 e. The predicted molar refractivity (Wildman–Crippen MR) is 84.5 cm³/mol. The van der Waals surface area contributed by atoms with Crippen LogP contribution in [-0.4, -0.2) is 26.9 Å². The van der Waals surface area contributed by atoms with E-state index in [-0.39, 0.29) is 6.04 Å². The maximum Gasteiger partial charge on any atom is 0.203 e. The van der Waals surface area contributed by atoms with Gasteiger partial charge < -0.3 is 19.9 Å². The highest BCUT2D eigenvalue weighted by atomic mass is 16.5. The summed E-state index contributed by atoms with van der Waals surface area (Å²) >= 11 is 0. The molecule has 1 saturated carbocycles. The molecule has 0 radical (unpaired) electrons. The van der Waals surface area contributed by atoms with Crippen LogP contribution in [0.4, 0.5) is 0 Å². The summed E-state index contributed by atoms with van der Waals surface area (Å²) in [6, 6.07) is 2.14. The zero-order valence-corrected chi connectivity index (χ0v) is 13.6. The van der Waals surface area contributed by atoms with Gasteiger partial charge in [0.25, 0.3) is 0 Å². The average Bonchev–Trinajstić information content (AvgIpc) is 3.31. The van der Waals surface area contributed by atoms with Gasteiger partial charge in [-0.25, -0.2) is 0 Å². The van der Waals surface area contributed by atoms with E-state index < -0.39 is 0 Å². The first-order valence-electron chi connectivity index (χ1n) is 7.73. The van der Waals surface area contributed by atoms with Crippen molar-refractivity contribution in [3.05, 3.63) is 17.2 Å². The monoisotopic (exact) mass is 293 g/mol. The topological polar surface area (TPSA) is 53.7 Å². The van der Waals surface area contributed by atoms with Gasteiger partial charge >= 0.3 is 0 Å². The van der Waals surface area contributed by atoms with Crippen molar-refractivity contribution in [2.75, 3.05) is 20.8 Å². The van der Waals surface area contributed by atoms with E-state index >= 15 is 0 Å². The molecule has 1 aromatic carbocycles. The summed E-state index contributed by atoms with van der Waals surface area (Å²) in [7, 11) is 3.34. The number of nitrogens with two attached hydrogens (primary N) is 1. The van der Waals surface area contributed by atoms with Gasteiger partial charge in [-0.15, -0.1) is 0 Å². The molecule has 1 aliphatic carbocycles. The molecule has 1 aliphatic rings. The van der Waals surface area contributed by atoms with E-state index in [1.165, 1.54) is 12.8 Å². The Balaban J connectivity index is 2.35. The summed E-state index contributed by atoms with van der Waals surface area (Å²) in [4.78, 5) is 0. The number of benzene rings is 1. The third-order valence-electron chi connectivity index (χ3n) is 4.10. The molecule has 0 spiro atoms. The Labute approximate surface area is 127 Å². The van der Waals surface area contributed by atoms with Crippen molar-refractivity contribution in [3.8, 4) is 17.2 Å².